The summed E-state index contributed by atoms with van der Waals surface area (Å²) < 4.78 is 8.41. The van der Waals surface area contributed by atoms with Crippen molar-refractivity contribution < 1.29 is 14.5 Å². The quantitative estimate of drug-likeness (QED) is 0.136. The Morgan fingerprint density at radius 1 is 1.41 bits per heavy atom. The Labute approximate surface area is 212 Å². The first kappa shape index (κ1) is 26.9. The number of amides is 1. The molecule has 3 rings (SSSR count). The summed E-state index contributed by atoms with van der Waals surface area (Å²) in [6.45, 7) is 8.11. The molecule has 190 valence electrons. The molecule has 0 aliphatic heterocycles. The fourth-order valence-corrected chi connectivity index (χ4v) is 3.73. The van der Waals surface area contributed by atoms with Gasteiger partial charge in [0.15, 0.2) is 5.49 Å². The van der Waals surface area contributed by atoms with Crippen LogP contribution < -0.4 is 11.0 Å². The standard InChI is InChI=1S/C26H26N6O5/c1-4-21(32(35)36)18(3)10-8-12-23(33)29-24-19(17-27)16-20-25(31(24)14-9-15-37-5-2)28-22-11-6-7-13-30(22)26(20)34/h4,6-8,10-11,13,16H,1,5,9,12,14-15H2,2-3H3/b10-8+,21-18+,29-24?. The number of nitriles is 1. The molecule has 0 aliphatic rings. The van der Waals surface area contributed by atoms with Gasteiger partial charge >= 0.3 is 0 Å². The number of hydrogen-bond acceptors (Lipinski definition) is 7. The molecule has 0 unspecified atom stereocenters. The van der Waals surface area contributed by atoms with E-state index in [1.807, 2.05) is 13.0 Å². The van der Waals surface area contributed by atoms with E-state index in [0.29, 0.717) is 43.0 Å². The lowest BCUT2D eigenvalue weighted by atomic mass is 10.2. The molecular formula is C26H26N6O5. The van der Waals surface area contributed by atoms with Crippen LogP contribution in [0.2, 0.25) is 0 Å². The molecule has 3 aromatic heterocycles. The summed E-state index contributed by atoms with van der Waals surface area (Å²) in [5, 5.41) is 21.1. The maximum absolute atomic E-state index is 13.2. The second-order valence-corrected chi connectivity index (χ2v) is 7.92. The summed E-state index contributed by atoms with van der Waals surface area (Å²) in [5.41, 5.74) is 0.666. The molecular weight excluding hydrogens is 476 g/mol. The second kappa shape index (κ2) is 12.3. The highest BCUT2D eigenvalue weighted by molar-refractivity contribution is 5.80. The van der Waals surface area contributed by atoms with E-state index in [1.54, 1.807) is 29.0 Å². The Kier molecular flexibility index (Phi) is 8.96. The van der Waals surface area contributed by atoms with Crippen LogP contribution in [0.25, 0.3) is 16.7 Å². The van der Waals surface area contributed by atoms with Crippen molar-refractivity contribution in [2.45, 2.75) is 33.2 Å². The first-order chi connectivity index (χ1) is 17.8. The molecule has 11 heteroatoms. The van der Waals surface area contributed by atoms with E-state index >= 15 is 0 Å². The lowest BCUT2D eigenvalue weighted by Crippen LogP contribution is -2.30. The number of fused-ring (bicyclic) bond motifs is 2. The van der Waals surface area contributed by atoms with E-state index < -0.39 is 10.8 Å². The van der Waals surface area contributed by atoms with Gasteiger partial charge in [-0.1, -0.05) is 24.8 Å². The number of rotatable bonds is 10. The molecule has 1 amide bonds. The van der Waals surface area contributed by atoms with Crippen LogP contribution in [0.4, 0.5) is 0 Å². The first-order valence-electron chi connectivity index (χ1n) is 11.6. The van der Waals surface area contributed by atoms with Crippen molar-refractivity contribution in [3.63, 3.8) is 0 Å². The zero-order chi connectivity index (χ0) is 26.9. The van der Waals surface area contributed by atoms with E-state index in [-0.39, 0.29) is 34.1 Å². The predicted molar refractivity (Wildman–Crippen MR) is 137 cm³/mol. The van der Waals surface area contributed by atoms with Gasteiger partial charge in [0.05, 0.1) is 15.9 Å². The molecule has 0 spiro atoms. The Balaban J connectivity index is 2.15. The summed E-state index contributed by atoms with van der Waals surface area (Å²) in [6.07, 6.45) is 6.00. The lowest BCUT2D eigenvalue weighted by molar-refractivity contribution is -0.419. The van der Waals surface area contributed by atoms with Crippen molar-refractivity contribution >= 4 is 22.6 Å². The molecule has 0 radical (unpaired) electrons. The molecule has 0 aliphatic carbocycles. The number of ether oxygens (including phenoxy) is 1. The van der Waals surface area contributed by atoms with Crippen LogP contribution in [0, 0.1) is 21.4 Å². The molecule has 0 bridgehead atoms. The third-order valence-corrected chi connectivity index (χ3v) is 5.47. The van der Waals surface area contributed by atoms with Gasteiger partial charge in [0, 0.05) is 44.0 Å². The minimum absolute atomic E-state index is 0.0504. The van der Waals surface area contributed by atoms with Crippen LogP contribution in [0.5, 0.6) is 0 Å². The van der Waals surface area contributed by atoms with Crippen molar-refractivity contribution in [1.29, 1.82) is 5.26 Å². The number of aryl methyl sites for hydroxylation is 1. The van der Waals surface area contributed by atoms with Gasteiger partial charge in [-0.3, -0.25) is 24.1 Å². The molecule has 0 N–H and O–H groups in total. The fourth-order valence-electron chi connectivity index (χ4n) is 3.73. The Hall–Kier alpha value is -4.69. The highest BCUT2D eigenvalue weighted by Crippen LogP contribution is 2.11. The number of aromatic nitrogens is 3. The van der Waals surface area contributed by atoms with Gasteiger partial charge in [-0.2, -0.15) is 10.3 Å². The third-order valence-electron chi connectivity index (χ3n) is 5.47. The smallest absolute Gasteiger partial charge is 0.271 e. The number of carbonyl (C=O) groups excluding carboxylic acids is 1. The molecule has 0 saturated heterocycles. The second-order valence-electron chi connectivity index (χ2n) is 7.92. The summed E-state index contributed by atoms with van der Waals surface area (Å²) in [7, 11) is 0. The van der Waals surface area contributed by atoms with E-state index in [9.17, 15) is 25.0 Å². The highest BCUT2D eigenvalue weighted by Gasteiger charge is 2.15. The summed E-state index contributed by atoms with van der Waals surface area (Å²) >= 11 is 0. The van der Waals surface area contributed by atoms with Crippen LogP contribution in [0.15, 0.2) is 76.3 Å². The molecule has 11 nitrogen and oxygen atoms in total. The molecule has 3 aromatic rings. The summed E-state index contributed by atoms with van der Waals surface area (Å²) in [5.74, 6) is -0.572. The average Bonchev–Trinajstić information content (AvgIpc) is 2.87. The van der Waals surface area contributed by atoms with Gasteiger partial charge in [-0.05, 0) is 38.5 Å². The number of allylic oxidation sites excluding steroid dienone is 3. The van der Waals surface area contributed by atoms with Crippen LogP contribution >= 0.6 is 0 Å². The third kappa shape index (κ3) is 6.12. The Morgan fingerprint density at radius 3 is 2.86 bits per heavy atom. The largest absolute Gasteiger partial charge is 0.382 e. The average molecular weight is 503 g/mol. The number of nitrogens with zero attached hydrogens (tertiary/aromatic N) is 6. The normalized spacial score (nSPS) is 12.6. The minimum Gasteiger partial charge on any atom is -0.382 e. The highest BCUT2D eigenvalue weighted by atomic mass is 16.6. The molecule has 0 atom stereocenters. The van der Waals surface area contributed by atoms with Gasteiger partial charge in [0.25, 0.3) is 17.2 Å². The van der Waals surface area contributed by atoms with Gasteiger partial charge in [-0.15, -0.1) is 0 Å². The molecule has 37 heavy (non-hydrogen) atoms. The van der Waals surface area contributed by atoms with Crippen molar-refractivity contribution in [1.82, 2.24) is 14.0 Å². The summed E-state index contributed by atoms with van der Waals surface area (Å²) in [6, 6.07) is 8.58. The van der Waals surface area contributed by atoms with Gasteiger partial charge in [-0.25, -0.2) is 4.98 Å². The first-order valence-corrected chi connectivity index (χ1v) is 11.6. The molecule has 3 heterocycles. The van der Waals surface area contributed by atoms with Crippen LogP contribution in [-0.2, 0) is 16.1 Å². The maximum atomic E-state index is 13.2. The van der Waals surface area contributed by atoms with E-state index in [1.165, 1.54) is 29.5 Å². The van der Waals surface area contributed by atoms with Crippen molar-refractivity contribution in [3.05, 3.63) is 98.1 Å². The number of pyridine rings is 2. The van der Waals surface area contributed by atoms with Crippen LogP contribution in [0.3, 0.4) is 0 Å². The van der Waals surface area contributed by atoms with Crippen molar-refractivity contribution in [2.24, 2.45) is 4.99 Å². The van der Waals surface area contributed by atoms with Crippen LogP contribution in [0.1, 0.15) is 32.3 Å². The van der Waals surface area contributed by atoms with Crippen molar-refractivity contribution in [2.75, 3.05) is 13.2 Å². The minimum atomic E-state index is -0.572. The fraction of sp³-hybridized carbons (Fsp3) is 0.269. The van der Waals surface area contributed by atoms with Gasteiger partial charge < -0.3 is 9.30 Å². The molecule has 0 saturated carbocycles. The zero-order valence-corrected chi connectivity index (χ0v) is 20.6. The molecule has 0 aromatic carbocycles. The predicted octanol–water partition coefficient (Wildman–Crippen LogP) is 3.06. The SMILES string of the molecule is C=C/C(=C(C)\C=C\CC(=O)N=c1c(C#N)cc2c(=O)n3ccccc3nc2n1CCCOCC)[N+](=O)[O-]. The topological polar surface area (TPSA) is 145 Å². The van der Waals surface area contributed by atoms with Gasteiger partial charge in [0.2, 0.25) is 0 Å². The lowest BCUT2D eigenvalue weighted by Gasteiger charge is -2.13. The Bertz CT molecular complexity index is 1600. The van der Waals surface area contributed by atoms with Gasteiger partial charge in [0.1, 0.15) is 17.4 Å². The van der Waals surface area contributed by atoms with E-state index in [4.69, 9.17) is 4.74 Å². The number of hydrogen-bond donors (Lipinski definition) is 0. The zero-order valence-electron chi connectivity index (χ0n) is 20.6. The maximum Gasteiger partial charge on any atom is 0.271 e. The number of carbonyl (C=O) groups is 1. The van der Waals surface area contributed by atoms with E-state index in [2.05, 4.69) is 16.6 Å². The van der Waals surface area contributed by atoms with Crippen LogP contribution in [-0.4, -0.2) is 38.0 Å². The van der Waals surface area contributed by atoms with E-state index in [0.717, 1.165) is 6.08 Å². The molecule has 0 fully saturated rings. The Morgan fingerprint density at radius 2 is 2.19 bits per heavy atom. The monoisotopic (exact) mass is 502 g/mol. The van der Waals surface area contributed by atoms with Crippen molar-refractivity contribution in [3.8, 4) is 6.07 Å². The number of nitro groups is 1. The summed E-state index contributed by atoms with van der Waals surface area (Å²) in [4.78, 5) is 45.2.